The molecule has 0 aromatic heterocycles. The van der Waals surface area contributed by atoms with Crippen molar-refractivity contribution in [1.29, 1.82) is 0 Å². The molecule has 1 atom stereocenters. The van der Waals surface area contributed by atoms with E-state index in [2.05, 4.69) is 124 Å². The van der Waals surface area contributed by atoms with Crippen LogP contribution in [-0.2, 0) is 28.6 Å². The molecule has 0 N–H and O–H groups in total. The highest BCUT2D eigenvalue weighted by Crippen LogP contribution is 2.12. The SMILES string of the molecule is CC/C=C\C/C=C\C/C=C\C/C=C\C/C=C\CCCCCC(=O)OCC(COC(=O)CC/C=C\C/C=C\CCCCCCCC)OC(=O)CCCCC/C=C\C=C/CCCCCCCCC. The number of unbranched alkanes of at least 4 members (excludes halogenated alkanes) is 19. The van der Waals surface area contributed by atoms with Crippen molar-refractivity contribution in [2.75, 3.05) is 13.2 Å². The van der Waals surface area contributed by atoms with Crippen molar-refractivity contribution in [3.63, 3.8) is 0 Å². The second kappa shape index (κ2) is 53.7. The van der Waals surface area contributed by atoms with E-state index in [4.69, 9.17) is 14.2 Å². The van der Waals surface area contributed by atoms with Crippen LogP contribution in [0.2, 0.25) is 0 Å². The molecular formula is C60H98O6. The van der Waals surface area contributed by atoms with Gasteiger partial charge in [0.15, 0.2) is 6.10 Å². The number of esters is 3. The minimum absolute atomic E-state index is 0.125. The van der Waals surface area contributed by atoms with E-state index in [0.29, 0.717) is 19.3 Å². The Morgan fingerprint density at radius 3 is 1.11 bits per heavy atom. The van der Waals surface area contributed by atoms with Gasteiger partial charge in [0.25, 0.3) is 0 Å². The zero-order valence-corrected chi connectivity index (χ0v) is 42.7. The van der Waals surface area contributed by atoms with Crippen LogP contribution in [-0.4, -0.2) is 37.2 Å². The Morgan fingerprint density at radius 2 is 0.667 bits per heavy atom. The number of hydrogen-bond acceptors (Lipinski definition) is 6. The van der Waals surface area contributed by atoms with E-state index in [1.54, 1.807) is 0 Å². The van der Waals surface area contributed by atoms with E-state index in [0.717, 1.165) is 96.3 Å². The summed E-state index contributed by atoms with van der Waals surface area (Å²) in [6.07, 6.45) is 72.3. The van der Waals surface area contributed by atoms with Gasteiger partial charge in [0.05, 0.1) is 0 Å². The fourth-order valence-corrected chi connectivity index (χ4v) is 6.98. The maximum Gasteiger partial charge on any atom is 0.306 e. The predicted octanol–water partition coefficient (Wildman–Crippen LogP) is 17.9. The summed E-state index contributed by atoms with van der Waals surface area (Å²) in [6, 6.07) is 0. The molecule has 0 aliphatic heterocycles. The van der Waals surface area contributed by atoms with Crippen LogP contribution < -0.4 is 0 Å². The van der Waals surface area contributed by atoms with E-state index >= 15 is 0 Å². The lowest BCUT2D eigenvalue weighted by Gasteiger charge is -2.18. The van der Waals surface area contributed by atoms with Gasteiger partial charge in [0.1, 0.15) is 13.2 Å². The first-order chi connectivity index (χ1) is 32.5. The quantitative estimate of drug-likeness (QED) is 0.0199. The predicted molar refractivity (Wildman–Crippen MR) is 283 cm³/mol. The van der Waals surface area contributed by atoms with Crippen molar-refractivity contribution in [2.45, 2.75) is 239 Å². The Bertz CT molecular complexity index is 1370. The van der Waals surface area contributed by atoms with Gasteiger partial charge in [-0.2, -0.15) is 0 Å². The number of ether oxygens (including phenoxy) is 3. The van der Waals surface area contributed by atoms with Gasteiger partial charge in [-0.25, -0.2) is 0 Å². The van der Waals surface area contributed by atoms with E-state index < -0.39 is 6.10 Å². The molecule has 374 valence electrons. The van der Waals surface area contributed by atoms with Crippen LogP contribution in [0.25, 0.3) is 0 Å². The Kier molecular flexibility index (Phi) is 50.5. The molecule has 0 heterocycles. The largest absolute Gasteiger partial charge is 0.462 e. The van der Waals surface area contributed by atoms with Crippen LogP contribution >= 0.6 is 0 Å². The molecule has 0 aliphatic carbocycles. The minimum atomic E-state index is -0.830. The molecule has 0 fully saturated rings. The summed E-state index contributed by atoms with van der Waals surface area (Å²) in [6.45, 7) is 6.40. The first-order valence-electron chi connectivity index (χ1n) is 26.9. The maximum absolute atomic E-state index is 12.8. The van der Waals surface area contributed by atoms with Crippen LogP contribution in [0.1, 0.15) is 233 Å². The normalized spacial score (nSPS) is 13.0. The number of hydrogen-bond donors (Lipinski definition) is 0. The van der Waals surface area contributed by atoms with E-state index in [1.165, 1.54) is 83.5 Å². The third kappa shape index (κ3) is 51.1. The Morgan fingerprint density at radius 1 is 0.333 bits per heavy atom. The van der Waals surface area contributed by atoms with Crippen molar-refractivity contribution in [3.05, 3.63) is 109 Å². The molecule has 0 amide bonds. The van der Waals surface area contributed by atoms with Gasteiger partial charge in [0, 0.05) is 19.3 Å². The smallest absolute Gasteiger partial charge is 0.306 e. The molecule has 0 radical (unpaired) electrons. The molecule has 0 saturated carbocycles. The van der Waals surface area contributed by atoms with Crippen LogP contribution in [0.4, 0.5) is 0 Å². The topological polar surface area (TPSA) is 78.9 Å². The van der Waals surface area contributed by atoms with Crippen molar-refractivity contribution in [3.8, 4) is 0 Å². The number of rotatable bonds is 47. The number of carbonyl (C=O) groups excluding carboxylic acids is 3. The summed E-state index contributed by atoms with van der Waals surface area (Å²) >= 11 is 0. The van der Waals surface area contributed by atoms with E-state index in [9.17, 15) is 14.4 Å². The maximum atomic E-state index is 12.8. The van der Waals surface area contributed by atoms with Crippen LogP contribution in [0, 0.1) is 0 Å². The van der Waals surface area contributed by atoms with Gasteiger partial charge in [0.2, 0.25) is 0 Å². The Hall–Kier alpha value is -3.93. The highest BCUT2D eigenvalue weighted by Gasteiger charge is 2.19. The average Bonchev–Trinajstić information content (AvgIpc) is 3.31. The summed E-state index contributed by atoms with van der Waals surface area (Å²) in [5.41, 5.74) is 0. The van der Waals surface area contributed by atoms with Crippen LogP contribution in [0.3, 0.4) is 0 Å². The Balaban J connectivity index is 4.55. The summed E-state index contributed by atoms with van der Waals surface area (Å²) in [5.74, 6) is -1.05. The van der Waals surface area contributed by atoms with Gasteiger partial charge in [-0.05, 0) is 109 Å². The summed E-state index contributed by atoms with van der Waals surface area (Å²) in [5, 5.41) is 0. The fraction of sp³-hybridized carbons (Fsp3) is 0.650. The first kappa shape index (κ1) is 62.1. The molecule has 66 heavy (non-hydrogen) atoms. The molecular weight excluding hydrogens is 817 g/mol. The minimum Gasteiger partial charge on any atom is -0.462 e. The van der Waals surface area contributed by atoms with Crippen molar-refractivity contribution in [2.24, 2.45) is 0 Å². The molecule has 0 saturated heterocycles. The lowest BCUT2D eigenvalue weighted by Crippen LogP contribution is -2.30. The molecule has 0 aromatic carbocycles. The third-order valence-corrected chi connectivity index (χ3v) is 11.0. The molecule has 0 rings (SSSR count). The van der Waals surface area contributed by atoms with E-state index in [1.807, 2.05) is 6.08 Å². The average molecular weight is 915 g/mol. The highest BCUT2D eigenvalue weighted by molar-refractivity contribution is 5.71. The molecule has 0 spiro atoms. The highest BCUT2D eigenvalue weighted by atomic mass is 16.6. The molecule has 0 aliphatic rings. The third-order valence-electron chi connectivity index (χ3n) is 11.0. The second-order valence-electron chi connectivity index (χ2n) is 17.4. The van der Waals surface area contributed by atoms with Crippen LogP contribution in [0.15, 0.2) is 109 Å². The van der Waals surface area contributed by atoms with Crippen LogP contribution in [0.5, 0.6) is 0 Å². The van der Waals surface area contributed by atoms with Crippen molar-refractivity contribution < 1.29 is 28.6 Å². The van der Waals surface area contributed by atoms with E-state index in [-0.39, 0.29) is 44.0 Å². The lowest BCUT2D eigenvalue weighted by atomic mass is 10.1. The molecule has 6 heteroatoms. The monoisotopic (exact) mass is 915 g/mol. The second-order valence-corrected chi connectivity index (χ2v) is 17.4. The Labute approximate surface area is 406 Å². The number of carbonyl (C=O) groups is 3. The van der Waals surface area contributed by atoms with Crippen molar-refractivity contribution in [1.82, 2.24) is 0 Å². The van der Waals surface area contributed by atoms with Gasteiger partial charge < -0.3 is 14.2 Å². The summed E-state index contributed by atoms with van der Waals surface area (Å²) in [4.78, 5) is 38.0. The van der Waals surface area contributed by atoms with Gasteiger partial charge in [-0.1, -0.05) is 214 Å². The lowest BCUT2D eigenvalue weighted by molar-refractivity contribution is -0.166. The number of allylic oxidation sites excluding steroid dienone is 18. The zero-order chi connectivity index (χ0) is 47.9. The molecule has 0 aromatic rings. The molecule has 6 nitrogen and oxygen atoms in total. The fourth-order valence-electron chi connectivity index (χ4n) is 6.98. The van der Waals surface area contributed by atoms with Gasteiger partial charge in [-0.3, -0.25) is 14.4 Å². The first-order valence-corrected chi connectivity index (χ1v) is 26.9. The van der Waals surface area contributed by atoms with Crippen molar-refractivity contribution >= 4 is 17.9 Å². The molecule has 0 bridgehead atoms. The van der Waals surface area contributed by atoms with Gasteiger partial charge in [-0.15, -0.1) is 0 Å². The summed E-state index contributed by atoms with van der Waals surface area (Å²) < 4.78 is 16.7. The molecule has 1 unspecified atom stereocenters. The zero-order valence-electron chi connectivity index (χ0n) is 42.7. The standard InChI is InChI=1S/C60H98O6/c1-4-7-10-13-16-19-22-25-27-29-30-31-33-35-38-41-44-47-50-53-59(62)65-56-57(55-64-58(61)52-49-46-43-40-37-34-24-21-18-15-12-9-6-3)66-60(63)54-51-48-45-42-39-36-32-28-26-23-20-17-14-11-8-5-2/h7,10,16,19,25,27-28,30-32,34-39,43,46,57H,4-6,8-9,11-15,17-18,20-24,26,29,33,40-42,44-45,47-56H2,1-3H3/b10-7-,19-16-,27-25-,31-30-,32-28-,37-34-,38-35-,39-36-,46-43-. The van der Waals surface area contributed by atoms with Gasteiger partial charge >= 0.3 is 17.9 Å². The summed E-state index contributed by atoms with van der Waals surface area (Å²) in [7, 11) is 0.